The molecule has 2 rings (SSSR count). The highest BCUT2D eigenvalue weighted by atomic mass is 127. The maximum absolute atomic E-state index is 11.6. The standard InChI is InChI=1S/C16H27N5OS.HI/c1-4-13-10-19-14(23-13)8-9-18-16(17-5-2)20-12-6-7-15(22)21(3)11-12;/h10,12H,4-9,11H2,1-3H3,(H2,17,18,20);1H. The van der Waals surface area contributed by atoms with E-state index in [1.807, 2.05) is 13.2 Å². The van der Waals surface area contributed by atoms with Gasteiger partial charge in [0, 0.05) is 56.6 Å². The second kappa shape index (κ2) is 10.9. The molecule has 1 aliphatic rings. The van der Waals surface area contributed by atoms with E-state index in [0.717, 1.165) is 43.3 Å². The van der Waals surface area contributed by atoms with E-state index in [4.69, 9.17) is 0 Å². The number of likely N-dealkylation sites (tertiary alicyclic amines) is 1. The number of hydrogen-bond donors (Lipinski definition) is 2. The largest absolute Gasteiger partial charge is 0.357 e. The molecule has 1 aromatic heterocycles. The number of aryl methyl sites for hydroxylation is 1. The molecule has 136 valence electrons. The lowest BCUT2D eigenvalue weighted by Crippen LogP contribution is -2.51. The van der Waals surface area contributed by atoms with Crippen molar-refractivity contribution in [1.29, 1.82) is 0 Å². The zero-order chi connectivity index (χ0) is 16.7. The summed E-state index contributed by atoms with van der Waals surface area (Å²) in [6.45, 7) is 6.48. The molecule has 1 atom stereocenters. The van der Waals surface area contributed by atoms with Crippen molar-refractivity contribution in [3.63, 3.8) is 0 Å². The van der Waals surface area contributed by atoms with Crippen LogP contribution in [-0.2, 0) is 17.6 Å². The molecule has 0 bridgehead atoms. The highest BCUT2D eigenvalue weighted by Gasteiger charge is 2.23. The maximum atomic E-state index is 11.6. The Labute approximate surface area is 165 Å². The zero-order valence-corrected chi connectivity index (χ0v) is 17.8. The van der Waals surface area contributed by atoms with Crippen LogP contribution in [0.15, 0.2) is 11.2 Å². The molecule has 24 heavy (non-hydrogen) atoms. The molecule has 0 aromatic carbocycles. The minimum atomic E-state index is 0. The van der Waals surface area contributed by atoms with Gasteiger partial charge < -0.3 is 15.5 Å². The minimum Gasteiger partial charge on any atom is -0.357 e. The molecule has 0 radical (unpaired) electrons. The second-order valence-electron chi connectivity index (χ2n) is 5.74. The summed E-state index contributed by atoms with van der Waals surface area (Å²) in [4.78, 5) is 23.7. The lowest BCUT2D eigenvalue weighted by Gasteiger charge is -2.31. The highest BCUT2D eigenvalue weighted by molar-refractivity contribution is 14.0. The monoisotopic (exact) mass is 465 g/mol. The van der Waals surface area contributed by atoms with E-state index < -0.39 is 0 Å². The molecule has 8 heteroatoms. The van der Waals surface area contributed by atoms with Gasteiger partial charge in [0.25, 0.3) is 0 Å². The fourth-order valence-corrected chi connectivity index (χ4v) is 3.38. The van der Waals surface area contributed by atoms with Crippen molar-refractivity contribution in [2.24, 2.45) is 4.99 Å². The number of carbonyl (C=O) groups excluding carboxylic acids is 1. The van der Waals surface area contributed by atoms with E-state index in [-0.39, 0.29) is 35.9 Å². The first-order valence-electron chi connectivity index (χ1n) is 8.34. The molecule has 1 aromatic rings. The summed E-state index contributed by atoms with van der Waals surface area (Å²) in [6, 6.07) is 0.266. The number of likely N-dealkylation sites (N-methyl/N-ethyl adjacent to an activating group) is 1. The van der Waals surface area contributed by atoms with Gasteiger partial charge in [0.05, 0.1) is 5.01 Å². The van der Waals surface area contributed by atoms with E-state index in [2.05, 4.69) is 34.5 Å². The number of nitrogens with zero attached hydrogens (tertiary/aromatic N) is 3. The van der Waals surface area contributed by atoms with Crippen LogP contribution in [0.5, 0.6) is 0 Å². The first kappa shape index (κ1) is 21.1. The molecule has 2 heterocycles. The van der Waals surface area contributed by atoms with Crippen LogP contribution in [0.1, 0.15) is 36.6 Å². The molecular formula is C16H28IN5OS. The van der Waals surface area contributed by atoms with Crippen molar-refractivity contribution < 1.29 is 4.79 Å². The zero-order valence-electron chi connectivity index (χ0n) is 14.7. The van der Waals surface area contributed by atoms with Crippen molar-refractivity contribution in [3.8, 4) is 0 Å². The van der Waals surface area contributed by atoms with Crippen LogP contribution in [0.2, 0.25) is 0 Å². The van der Waals surface area contributed by atoms with E-state index in [9.17, 15) is 4.79 Å². The van der Waals surface area contributed by atoms with Crippen LogP contribution in [-0.4, -0.2) is 54.5 Å². The summed E-state index contributed by atoms with van der Waals surface area (Å²) in [5.74, 6) is 1.05. The number of hydrogen-bond acceptors (Lipinski definition) is 4. The third kappa shape index (κ3) is 6.54. The van der Waals surface area contributed by atoms with Gasteiger partial charge in [-0.15, -0.1) is 35.3 Å². The number of aromatic nitrogens is 1. The van der Waals surface area contributed by atoms with Crippen molar-refractivity contribution in [2.45, 2.75) is 45.6 Å². The first-order valence-corrected chi connectivity index (χ1v) is 9.16. The Bertz CT molecular complexity index is 548. The van der Waals surface area contributed by atoms with Gasteiger partial charge in [0.15, 0.2) is 5.96 Å². The lowest BCUT2D eigenvalue weighted by atomic mass is 10.1. The first-order chi connectivity index (χ1) is 11.1. The number of thiazole rings is 1. The number of halogens is 1. The highest BCUT2D eigenvalue weighted by Crippen LogP contribution is 2.14. The van der Waals surface area contributed by atoms with Gasteiger partial charge in [-0.05, 0) is 19.8 Å². The van der Waals surface area contributed by atoms with Gasteiger partial charge >= 0.3 is 0 Å². The van der Waals surface area contributed by atoms with Crippen LogP contribution in [0, 0.1) is 0 Å². The Hall–Kier alpha value is -0.900. The van der Waals surface area contributed by atoms with Gasteiger partial charge in [0.1, 0.15) is 0 Å². The van der Waals surface area contributed by atoms with Gasteiger partial charge in [-0.2, -0.15) is 0 Å². The molecule has 1 aliphatic heterocycles. The van der Waals surface area contributed by atoms with Gasteiger partial charge in [-0.1, -0.05) is 6.92 Å². The quantitative estimate of drug-likeness (QED) is 0.384. The average Bonchev–Trinajstić information content (AvgIpc) is 2.99. The minimum absolute atomic E-state index is 0. The molecular weight excluding hydrogens is 437 g/mol. The molecule has 0 aliphatic carbocycles. The van der Waals surface area contributed by atoms with E-state index in [1.165, 1.54) is 4.88 Å². The van der Waals surface area contributed by atoms with Crippen LogP contribution in [0.4, 0.5) is 0 Å². The van der Waals surface area contributed by atoms with Crippen molar-refractivity contribution >= 4 is 47.2 Å². The van der Waals surface area contributed by atoms with E-state index >= 15 is 0 Å². The summed E-state index contributed by atoms with van der Waals surface area (Å²) in [5, 5.41) is 7.86. The van der Waals surface area contributed by atoms with Gasteiger partial charge in [0.2, 0.25) is 5.91 Å². The molecule has 1 saturated heterocycles. The average molecular weight is 465 g/mol. The number of guanidine groups is 1. The summed E-state index contributed by atoms with van der Waals surface area (Å²) < 4.78 is 0. The number of nitrogens with one attached hydrogen (secondary N) is 2. The topological polar surface area (TPSA) is 69.6 Å². The Morgan fingerprint density at radius 3 is 2.92 bits per heavy atom. The fourth-order valence-electron chi connectivity index (χ4n) is 2.53. The fraction of sp³-hybridized carbons (Fsp3) is 0.688. The van der Waals surface area contributed by atoms with Gasteiger partial charge in [-0.3, -0.25) is 9.79 Å². The second-order valence-corrected chi connectivity index (χ2v) is 6.94. The van der Waals surface area contributed by atoms with Crippen LogP contribution in [0.25, 0.3) is 0 Å². The number of aliphatic imine (C=N–C) groups is 1. The third-order valence-corrected chi connectivity index (χ3v) is 5.06. The summed E-state index contributed by atoms with van der Waals surface area (Å²) >= 11 is 1.77. The van der Waals surface area contributed by atoms with E-state index in [0.29, 0.717) is 13.0 Å². The van der Waals surface area contributed by atoms with E-state index in [1.54, 1.807) is 16.2 Å². The number of piperidine rings is 1. The summed E-state index contributed by atoms with van der Waals surface area (Å²) in [5.41, 5.74) is 0. The smallest absolute Gasteiger partial charge is 0.222 e. The van der Waals surface area contributed by atoms with Crippen molar-refractivity contribution in [1.82, 2.24) is 20.5 Å². The maximum Gasteiger partial charge on any atom is 0.222 e. The molecule has 1 amide bonds. The van der Waals surface area contributed by atoms with Crippen molar-refractivity contribution in [2.75, 3.05) is 26.7 Å². The molecule has 1 unspecified atom stereocenters. The molecule has 6 nitrogen and oxygen atoms in total. The molecule has 2 N–H and O–H groups in total. The SMILES string of the molecule is CCNC(=NCCc1ncc(CC)s1)NC1CCC(=O)N(C)C1.I. The lowest BCUT2D eigenvalue weighted by molar-refractivity contribution is -0.132. The normalized spacial score (nSPS) is 18.3. The Morgan fingerprint density at radius 2 is 2.29 bits per heavy atom. The third-order valence-electron chi connectivity index (χ3n) is 3.86. The molecule has 1 fully saturated rings. The van der Waals surface area contributed by atoms with Crippen LogP contribution >= 0.6 is 35.3 Å². The Morgan fingerprint density at radius 1 is 1.50 bits per heavy atom. The van der Waals surface area contributed by atoms with Crippen LogP contribution in [0.3, 0.4) is 0 Å². The summed E-state index contributed by atoms with van der Waals surface area (Å²) in [7, 11) is 1.86. The summed E-state index contributed by atoms with van der Waals surface area (Å²) in [6.07, 6.45) is 5.33. The van der Waals surface area contributed by atoms with Gasteiger partial charge in [-0.25, -0.2) is 4.98 Å². The predicted molar refractivity (Wildman–Crippen MR) is 110 cm³/mol. The number of carbonyl (C=O) groups is 1. The molecule has 0 saturated carbocycles. The Balaban J connectivity index is 0.00000288. The Kier molecular flexibility index (Phi) is 9.57. The predicted octanol–water partition coefficient (Wildman–Crippen LogP) is 2.04. The molecule has 0 spiro atoms. The number of rotatable bonds is 6. The number of amides is 1. The van der Waals surface area contributed by atoms with Crippen molar-refractivity contribution in [3.05, 3.63) is 16.1 Å². The van der Waals surface area contributed by atoms with Crippen LogP contribution < -0.4 is 10.6 Å².